The minimum Gasteiger partial charge on any atom is -0.345 e. The van der Waals surface area contributed by atoms with Gasteiger partial charge in [-0.15, -0.1) is 10.2 Å². The van der Waals surface area contributed by atoms with Crippen molar-refractivity contribution in [3.05, 3.63) is 60.0 Å². The number of rotatable bonds is 4. The van der Waals surface area contributed by atoms with Crippen LogP contribution in [0.2, 0.25) is 0 Å². The van der Waals surface area contributed by atoms with Gasteiger partial charge in [0.25, 0.3) is 5.91 Å². The maximum Gasteiger partial charge on any atom is 0.251 e. The molecule has 2 N–H and O–H groups in total. The molecular weight excluding hydrogens is 294 g/mol. The van der Waals surface area contributed by atoms with Gasteiger partial charge in [0.1, 0.15) is 0 Å². The van der Waals surface area contributed by atoms with Gasteiger partial charge in [-0.25, -0.2) is 0 Å². The molecular formula is C16H15N5O2. The van der Waals surface area contributed by atoms with Crippen molar-refractivity contribution in [1.82, 2.24) is 19.9 Å². The lowest BCUT2D eigenvalue weighted by Crippen LogP contribution is -2.24. The first-order valence-corrected chi connectivity index (χ1v) is 7.08. The molecule has 2 heterocycles. The first kappa shape index (κ1) is 14.7. The largest absolute Gasteiger partial charge is 0.345 e. The number of carbonyl (C=O) groups is 2. The van der Waals surface area contributed by atoms with E-state index in [0.29, 0.717) is 17.1 Å². The summed E-state index contributed by atoms with van der Waals surface area (Å²) in [5.41, 5.74) is 1.89. The fraction of sp³-hybridized carbons (Fsp3) is 0.125. The molecule has 7 nitrogen and oxygen atoms in total. The summed E-state index contributed by atoms with van der Waals surface area (Å²) >= 11 is 0. The monoisotopic (exact) mass is 309 g/mol. The van der Waals surface area contributed by atoms with Gasteiger partial charge in [0.2, 0.25) is 5.91 Å². The Labute approximate surface area is 132 Å². The summed E-state index contributed by atoms with van der Waals surface area (Å²) in [4.78, 5) is 23.1. The average molecular weight is 309 g/mol. The minimum absolute atomic E-state index is 0.152. The van der Waals surface area contributed by atoms with Crippen LogP contribution in [0.1, 0.15) is 23.1 Å². The lowest BCUT2D eigenvalue weighted by Gasteiger charge is -2.06. The molecule has 0 bridgehead atoms. The number of anilines is 1. The smallest absolute Gasteiger partial charge is 0.251 e. The fourth-order valence-electron chi connectivity index (χ4n) is 2.18. The molecule has 0 saturated carbocycles. The summed E-state index contributed by atoms with van der Waals surface area (Å²) in [6, 6.07) is 12.3. The normalized spacial score (nSPS) is 10.5. The summed E-state index contributed by atoms with van der Waals surface area (Å²) in [7, 11) is 0. The molecule has 116 valence electrons. The summed E-state index contributed by atoms with van der Waals surface area (Å²) in [5.74, 6) is 0.289. The van der Waals surface area contributed by atoms with Gasteiger partial charge in [0.15, 0.2) is 11.5 Å². The number of fused-ring (bicyclic) bond motifs is 1. The van der Waals surface area contributed by atoms with Crippen molar-refractivity contribution >= 4 is 23.1 Å². The van der Waals surface area contributed by atoms with Gasteiger partial charge in [-0.1, -0.05) is 6.07 Å². The second-order valence-corrected chi connectivity index (χ2v) is 4.99. The van der Waals surface area contributed by atoms with Crippen LogP contribution in [0.4, 0.5) is 5.69 Å². The van der Waals surface area contributed by atoms with Crippen molar-refractivity contribution in [1.29, 1.82) is 0 Å². The third-order valence-corrected chi connectivity index (χ3v) is 3.26. The van der Waals surface area contributed by atoms with Crippen LogP contribution >= 0.6 is 0 Å². The molecule has 0 spiro atoms. The molecule has 2 aromatic heterocycles. The summed E-state index contributed by atoms with van der Waals surface area (Å²) < 4.78 is 1.82. The van der Waals surface area contributed by atoms with Gasteiger partial charge >= 0.3 is 0 Å². The number of hydrogen-bond acceptors (Lipinski definition) is 4. The first-order chi connectivity index (χ1) is 11.1. The third kappa shape index (κ3) is 3.34. The maximum atomic E-state index is 12.2. The minimum atomic E-state index is -0.216. The predicted octanol–water partition coefficient (Wildman–Crippen LogP) is 1.62. The number of amides is 2. The molecule has 1 aromatic carbocycles. The number of nitrogens with zero attached hydrogens (tertiary/aromatic N) is 3. The second-order valence-electron chi connectivity index (χ2n) is 4.99. The number of benzene rings is 1. The highest BCUT2D eigenvalue weighted by molar-refractivity contribution is 5.95. The fourth-order valence-corrected chi connectivity index (χ4v) is 2.18. The van der Waals surface area contributed by atoms with Crippen LogP contribution < -0.4 is 10.6 Å². The summed E-state index contributed by atoms with van der Waals surface area (Å²) in [5, 5.41) is 13.5. The topological polar surface area (TPSA) is 88.4 Å². The molecule has 7 heteroatoms. The average Bonchev–Trinajstić information content (AvgIpc) is 2.96. The van der Waals surface area contributed by atoms with E-state index in [0.717, 1.165) is 5.65 Å². The number of nitrogens with one attached hydrogen (secondary N) is 2. The Bertz CT molecular complexity index is 854. The summed E-state index contributed by atoms with van der Waals surface area (Å²) in [6.07, 6.45) is 1.85. The van der Waals surface area contributed by atoms with E-state index in [9.17, 15) is 9.59 Å². The molecule has 0 saturated heterocycles. The molecule has 0 aliphatic carbocycles. The van der Waals surface area contributed by atoms with E-state index < -0.39 is 0 Å². The lowest BCUT2D eigenvalue weighted by molar-refractivity contribution is -0.114. The van der Waals surface area contributed by atoms with E-state index in [2.05, 4.69) is 20.8 Å². The molecule has 0 aliphatic heterocycles. The molecule has 3 rings (SSSR count). The number of hydrogen-bond donors (Lipinski definition) is 2. The van der Waals surface area contributed by atoms with Gasteiger partial charge in [0, 0.05) is 24.4 Å². The van der Waals surface area contributed by atoms with Gasteiger partial charge in [-0.2, -0.15) is 0 Å². The van der Waals surface area contributed by atoms with Crippen LogP contribution in [0, 0.1) is 0 Å². The van der Waals surface area contributed by atoms with Gasteiger partial charge < -0.3 is 10.6 Å². The Hall–Kier alpha value is -3.22. The zero-order chi connectivity index (χ0) is 16.2. The standard InChI is InChI=1S/C16H15N5O2/c1-11(22)18-13-7-5-12(6-8-13)16(23)17-10-15-20-19-14-4-2-3-9-21(14)15/h2-9H,10H2,1H3,(H,17,23)(H,18,22). The number of aromatic nitrogens is 3. The van der Waals surface area contributed by atoms with Crippen LogP contribution in [0.25, 0.3) is 5.65 Å². The van der Waals surface area contributed by atoms with Crippen LogP contribution in [-0.2, 0) is 11.3 Å². The van der Waals surface area contributed by atoms with E-state index >= 15 is 0 Å². The van der Waals surface area contributed by atoms with Crippen molar-refractivity contribution in [3.8, 4) is 0 Å². The predicted molar refractivity (Wildman–Crippen MR) is 84.9 cm³/mol. The van der Waals surface area contributed by atoms with Crippen molar-refractivity contribution in [3.63, 3.8) is 0 Å². The Morgan fingerprint density at radius 2 is 1.87 bits per heavy atom. The number of carbonyl (C=O) groups excluding carboxylic acids is 2. The number of pyridine rings is 1. The molecule has 23 heavy (non-hydrogen) atoms. The zero-order valence-corrected chi connectivity index (χ0v) is 12.5. The van der Waals surface area contributed by atoms with Gasteiger partial charge in [-0.05, 0) is 36.4 Å². The van der Waals surface area contributed by atoms with E-state index in [-0.39, 0.29) is 18.4 Å². The first-order valence-electron chi connectivity index (χ1n) is 7.08. The molecule has 0 radical (unpaired) electrons. The van der Waals surface area contributed by atoms with Gasteiger partial charge in [-0.3, -0.25) is 14.0 Å². The van der Waals surface area contributed by atoms with Crippen molar-refractivity contribution in [2.45, 2.75) is 13.5 Å². The molecule has 0 fully saturated rings. The lowest BCUT2D eigenvalue weighted by atomic mass is 10.2. The van der Waals surface area contributed by atoms with Crippen LogP contribution in [-0.4, -0.2) is 26.4 Å². The Kier molecular flexibility index (Phi) is 4.01. The van der Waals surface area contributed by atoms with Crippen molar-refractivity contribution < 1.29 is 9.59 Å². The molecule has 0 atom stereocenters. The molecule has 0 unspecified atom stereocenters. The Balaban J connectivity index is 1.66. The molecule has 2 amide bonds. The third-order valence-electron chi connectivity index (χ3n) is 3.26. The molecule has 0 aliphatic rings. The van der Waals surface area contributed by atoms with Crippen molar-refractivity contribution in [2.75, 3.05) is 5.32 Å². The van der Waals surface area contributed by atoms with E-state index in [1.807, 2.05) is 28.8 Å². The summed E-state index contributed by atoms with van der Waals surface area (Å²) in [6.45, 7) is 1.71. The zero-order valence-electron chi connectivity index (χ0n) is 12.5. The van der Waals surface area contributed by atoms with Crippen LogP contribution in [0.3, 0.4) is 0 Å². The highest BCUT2D eigenvalue weighted by Crippen LogP contribution is 2.10. The van der Waals surface area contributed by atoms with Gasteiger partial charge in [0.05, 0.1) is 6.54 Å². The highest BCUT2D eigenvalue weighted by Gasteiger charge is 2.09. The van der Waals surface area contributed by atoms with E-state index in [1.54, 1.807) is 24.3 Å². The molecule has 3 aromatic rings. The quantitative estimate of drug-likeness (QED) is 0.766. The SMILES string of the molecule is CC(=O)Nc1ccc(C(=O)NCc2nnc3ccccn23)cc1. The highest BCUT2D eigenvalue weighted by atomic mass is 16.2. The Morgan fingerprint density at radius 3 is 2.61 bits per heavy atom. The maximum absolute atomic E-state index is 12.2. The van der Waals surface area contributed by atoms with E-state index in [4.69, 9.17) is 0 Å². The van der Waals surface area contributed by atoms with Crippen molar-refractivity contribution in [2.24, 2.45) is 0 Å². The second kappa shape index (κ2) is 6.27. The van der Waals surface area contributed by atoms with Crippen LogP contribution in [0.5, 0.6) is 0 Å². The Morgan fingerprint density at radius 1 is 1.09 bits per heavy atom. The van der Waals surface area contributed by atoms with E-state index in [1.165, 1.54) is 6.92 Å². The van der Waals surface area contributed by atoms with Crippen LogP contribution in [0.15, 0.2) is 48.7 Å².